The van der Waals surface area contributed by atoms with Gasteiger partial charge in [0, 0.05) is 61.4 Å². The number of hydrogen-bond donors (Lipinski definition) is 2. The standard InChI is InChI=1S/C12H9BrF2N2O2S.K/c1-2-19-12(18)17-11(20)6(5-16)9-7(13)3-4-8(14)10(9)15;/h3-4,20H,2H2,1H3,(H,17,18);/b11-6-;. The number of carbonyl (C=O) groups is 1. The van der Waals surface area contributed by atoms with Crippen molar-refractivity contribution in [3.8, 4) is 6.07 Å². The first-order chi connectivity index (χ1) is 9.42. The van der Waals surface area contributed by atoms with Gasteiger partial charge in [-0.2, -0.15) is 5.26 Å². The van der Waals surface area contributed by atoms with E-state index in [1.165, 1.54) is 6.07 Å². The predicted molar refractivity (Wildman–Crippen MR) is 81.5 cm³/mol. The van der Waals surface area contributed by atoms with Crippen LogP contribution < -0.4 is 5.32 Å². The van der Waals surface area contributed by atoms with Crippen molar-refractivity contribution < 1.29 is 18.3 Å². The third-order valence-electron chi connectivity index (χ3n) is 2.14. The van der Waals surface area contributed by atoms with E-state index in [2.05, 4.69) is 38.6 Å². The quantitative estimate of drug-likeness (QED) is 0.353. The number of allylic oxidation sites excluding steroid dienone is 1. The number of carbonyl (C=O) groups excluding carboxylic acids is 1. The molecule has 0 aliphatic carbocycles. The second kappa shape index (κ2) is 9.94. The predicted octanol–water partition coefficient (Wildman–Crippen LogP) is 3.21. The summed E-state index contributed by atoms with van der Waals surface area (Å²) in [5.41, 5.74) is -0.653. The number of amides is 1. The van der Waals surface area contributed by atoms with E-state index in [1.807, 2.05) is 0 Å². The van der Waals surface area contributed by atoms with Crippen LogP contribution in [0.1, 0.15) is 12.5 Å². The fourth-order valence-electron chi connectivity index (χ4n) is 1.31. The molecule has 0 unspecified atom stereocenters. The van der Waals surface area contributed by atoms with E-state index in [-0.39, 0.29) is 78.6 Å². The number of nitrogens with one attached hydrogen (secondary N) is 1. The molecule has 0 atom stereocenters. The molecule has 107 valence electrons. The van der Waals surface area contributed by atoms with E-state index >= 15 is 0 Å². The van der Waals surface area contributed by atoms with E-state index in [0.29, 0.717) is 0 Å². The Balaban J connectivity index is 0.00000400. The van der Waals surface area contributed by atoms with E-state index in [1.54, 1.807) is 13.0 Å². The van der Waals surface area contributed by atoms with Crippen molar-refractivity contribution in [3.05, 3.63) is 38.8 Å². The summed E-state index contributed by atoms with van der Waals surface area (Å²) in [7, 11) is 0. The van der Waals surface area contributed by atoms with Crippen molar-refractivity contribution in [1.29, 1.82) is 5.26 Å². The van der Waals surface area contributed by atoms with Crippen LogP contribution in [0.5, 0.6) is 0 Å². The molecule has 9 heteroatoms. The number of nitrogens with zero attached hydrogens (tertiary/aromatic N) is 1. The number of hydrogen-bond acceptors (Lipinski definition) is 4. The first kappa shape index (κ1) is 21.0. The molecule has 21 heavy (non-hydrogen) atoms. The van der Waals surface area contributed by atoms with Crippen molar-refractivity contribution in [2.75, 3.05) is 6.61 Å². The molecule has 1 rings (SSSR count). The Kier molecular flexibility index (Phi) is 9.96. The van der Waals surface area contributed by atoms with Crippen LogP contribution in [0.4, 0.5) is 13.6 Å². The van der Waals surface area contributed by atoms with Gasteiger partial charge in [0.05, 0.1) is 17.2 Å². The van der Waals surface area contributed by atoms with Gasteiger partial charge in [-0.05, 0) is 19.1 Å². The molecule has 1 aromatic rings. The van der Waals surface area contributed by atoms with Crippen LogP contribution in [0.3, 0.4) is 0 Å². The average Bonchev–Trinajstić information content (AvgIpc) is 2.39. The molecule has 1 N–H and O–H groups in total. The van der Waals surface area contributed by atoms with Gasteiger partial charge in [-0.3, -0.25) is 5.32 Å². The van der Waals surface area contributed by atoms with E-state index in [0.717, 1.165) is 6.07 Å². The van der Waals surface area contributed by atoms with Gasteiger partial charge in [0.2, 0.25) is 0 Å². The van der Waals surface area contributed by atoms with Crippen molar-refractivity contribution in [1.82, 2.24) is 5.32 Å². The molecule has 0 saturated heterocycles. The molecule has 0 aromatic heterocycles. The number of thiol groups is 1. The fourth-order valence-corrected chi connectivity index (χ4v) is 2.07. The molecule has 1 aromatic carbocycles. The number of alkyl carbamates (subject to hydrolysis) is 1. The SMILES string of the molecule is CCOC(=O)N/C(S)=C(\C#N)c1c(Br)ccc(F)c1F.[K]. The zero-order valence-electron chi connectivity index (χ0n) is 11.2. The minimum absolute atomic E-state index is 0. The molecular weight excluding hydrogens is 393 g/mol. The Labute approximate surface area is 176 Å². The first-order valence-corrected chi connectivity index (χ1v) is 6.57. The largest absolute Gasteiger partial charge is 0.450 e. The summed E-state index contributed by atoms with van der Waals surface area (Å²) in [4.78, 5) is 11.2. The molecule has 1 radical (unpaired) electrons. The van der Waals surface area contributed by atoms with Gasteiger partial charge in [-0.1, -0.05) is 15.9 Å². The third kappa shape index (κ3) is 5.63. The number of ether oxygens (including phenoxy) is 1. The Morgan fingerprint density at radius 2 is 2.14 bits per heavy atom. The fraction of sp³-hybridized carbons (Fsp3) is 0.167. The molecule has 0 fully saturated rings. The molecule has 0 bridgehead atoms. The van der Waals surface area contributed by atoms with Crippen molar-refractivity contribution in [3.63, 3.8) is 0 Å². The number of rotatable bonds is 3. The van der Waals surface area contributed by atoms with Crippen LogP contribution in [-0.4, -0.2) is 64.1 Å². The van der Waals surface area contributed by atoms with Gasteiger partial charge in [0.25, 0.3) is 0 Å². The van der Waals surface area contributed by atoms with E-state index < -0.39 is 17.7 Å². The third-order valence-corrected chi connectivity index (χ3v) is 3.13. The van der Waals surface area contributed by atoms with Crippen LogP contribution >= 0.6 is 28.6 Å². The first-order valence-electron chi connectivity index (χ1n) is 5.33. The minimum atomic E-state index is -1.21. The topological polar surface area (TPSA) is 62.1 Å². The van der Waals surface area contributed by atoms with Crippen LogP contribution in [0, 0.1) is 23.0 Å². The zero-order chi connectivity index (χ0) is 15.3. The molecule has 0 aliphatic rings. The smallest absolute Gasteiger partial charge is 0.412 e. The van der Waals surface area contributed by atoms with Gasteiger partial charge >= 0.3 is 6.09 Å². The van der Waals surface area contributed by atoms with Crippen molar-refractivity contribution >= 4 is 91.6 Å². The van der Waals surface area contributed by atoms with Crippen LogP contribution in [0.15, 0.2) is 21.6 Å². The summed E-state index contributed by atoms with van der Waals surface area (Å²) in [6.07, 6.45) is -0.849. The van der Waals surface area contributed by atoms with Gasteiger partial charge < -0.3 is 4.74 Å². The summed E-state index contributed by atoms with van der Waals surface area (Å²) >= 11 is 6.93. The van der Waals surface area contributed by atoms with Crippen LogP contribution in [0.25, 0.3) is 5.57 Å². The molecule has 0 heterocycles. The minimum Gasteiger partial charge on any atom is -0.450 e. The average molecular weight is 402 g/mol. The molecular formula is C12H9BrF2KN2O2S. The summed E-state index contributed by atoms with van der Waals surface area (Å²) in [6, 6.07) is 3.83. The number of nitriles is 1. The van der Waals surface area contributed by atoms with Crippen molar-refractivity contribution in [2.24, 2.45) is 0 Å². The maximum Gasteiger partial charge on any atom is 0.412 e. The van der Waals surface area contributed by atoms with Gasteiger partial charge in [0.15, 0.2) is 11.6 Å². The molecule has 1 amide bonds. The Hall–Kier alpha value is 0.0464. The van der Waals surface area contributed by atoms with E-state index in [9.17, 15) is 13.6 Å². The number of benzene rings is 1. The maximum absolute atomic E-state index is 13.8. The van der Waals surface area contributed by atoms with Crippen LogP contribution in [-0.2, 0) is 4.74 Å². The Morgan fingerprint density at radius 1 is 1.52 bits per heavy atom. The summed E-state index contributed by atoms with van der Waals surface area (Å²) < 4.78 is 31.8. The number of halogens is 3. The second-order valence-electron chi connectivity index (χ2n) is 3.40. The van der Waals surface area contributed by atoms with Gasteiger partial charge in [0.1, 0.15) is 6.07 Å². The van der Waals surface area contributed by atoms with E-state index in [4.69, 9.17) is 5.26 Å². The summed E-state index contributed by atoms with van der Waals surface area (Å²) in [5, 5.41) is 11.0. The molecule has 0 saturated carbocycles. The maximum atomic E-state index is 13.8. The Bertz CT molecular complexity index is 620. The molecule has 4 nitrogen and oxygen atoms in total. The molecule has 0 spiro atoms. The monoisotopic (exact) mass is 401 g/mol. The zero-order valence-corrected chi connectivity index (χ0v) is 16.8. The van der Waals surface area contributed by atoms with Gasteiger partial charge in [-0.25, -0.2) is 13.6 Å². The summed E-state index contributed by atoms with van der Waals surface area (Å²) in [6.45, 7) is 1.71. The normalized spacial score (nSPS) is 10.9. The van der Waals surface area contributed by atoms with Crippen molar-refractivity contribution in [2.45, 2.75) is 6.92 Å². The Morgan fingerprint density at radius 3 is 2.67 bits per heavy atom. The summed E-state index contributed by atoms with van der Waals surface area (Å²) in [5.74, 6) is -2.33. The second-order valence-corrected chi connectivity index (χ2v) is 4.70. The van der Waals surface area contributed by atoms with Gasteiger partial charge in [-0.15, -0.1) is 12.6 Å². The van der Waals surface area contributed by atoms with Crippen LogP contribution in [0.2, 0.25) is 0 Å². The molecule has 0 aliphatic heterocycles.